The third kappa shape index (κ3) is 7.24. The van der Waals surface area contributed by atoms with Crippen LogP contribution in [-0.4, -0.2) is 65.1 Å². The number of aliphatic hydroxyl groups is 1. The van der Waals surface area contributed by atoms with E-state index in [1.807, 2.05) is 0 Å². The molecular weight excluding hydrogens is 320 g/mol. The first-order valence-corrected chi connectivity index (χ1v) is 9.74. The van der Waals surface area contributed by atoms with Crippen molar-refractivity contribution in [3.63, 3.8) is 0 Å². The number of hydrogen-bond donors (Lipinski definition) is 2. The van der Waals surface area contributed by atoms with E-state index in [9.17, 15) is 14.7 Å². The van der Waals surface area contributed by atoms with Crippen LogP contribution >= 0.6 is 0 Å². The van der Waals surface area contributed by atoms with E-state index in [4.69, 9.17) is 5.11 Å². The lowest BCUT2D eigenvalue weighted by molar-refractivity contribution is -0.814. The third-order valence-corrected chi connectivity index (χ3v) is 5.05. The summed E-state index contributed by atoms with van der Waals surface area (Å²) < 4.78 is 0.0278. The SMILES string of the molecule is CCCCCCCCCCCC(=O)C1C[N+](C)(CCO)C(C(=O)O)=N1. The summed E-state index contributed by atoms with van der Waals surface area (Å²) in [6.45, 7) is 2.71. The standard InChI is InChI=1S/C19H34N2O4/c1-3-4-5-6-7-8-9-10-11-12-17(23)16-15-21(2,13-14-22)18(20-16)19(24)25/h16,22H,3-15H2,1-2H3/p+1. The van der Waals surface area contributed by atoms with Gasteiger partial charge in [0.25, 0.3) is 0 Å². The Morgan fingerprint density at radius 2 is 1.64 bits per heavy atom. The van der Waals surface area contributed by atoms with Crippen LogP contribution in [0, 0.1) is 0 Å². The Morgan fingerprint density at radius 3 is 2.16 bits per heavy atom. The molecule has 25 heavy (non-hydrogen) atoms. The molecule has 0 radical (unpaired) electrons. The molecule has 0 aliphatic carbocycles. The van der Waals surface area contributed by atoms with Gasteiger partial charge in [-0.25, -0.2) is 9.79 Å². The third-order valence-electron chi connectivity index (χ3n) is 5.05. The van der Waals surface area contributed by atoms with Crippen molar-refractivity contribution in [3.8, 4) is 0 Å². The first-order valence-electron chi connectivity index (χ1n) is 9.74. The number of Topliss-reactive ketones (excluding diaryl/α,β-unsaturated/α-hetero) is 1. The summed E-state index contributed by atoms with van der Waals surface area (Å²) in [5, 5.41) is 18.4. The zero-order valence-electron chi connectivity index (χ0n) is 15.9. The normalized spacial score (nSPS) is 22.8. The van der Waals surface area contributed by atoms with Gasteiger partial charge in [0.15, 0.2) is 11.8 Å². The van der Waals surface area contributed by atoms with Crippen LogP contribution < -0.4 is 0 Å². The fourth-order valence-corrected chi connectivity index (χ4v) is 3.45. The molecule has 0 saturated heterocycles. The number of carbonyl (C=O) groups is 2. The number of aliphatic imine (C=N–C) groups is 1. The minimum absolute atomic E-state index is 0.0144. The number of carboxylic acid groups (broad SMARTS) is 1. The average molecular weight is 355 g/mol. The molecule has 2 atom stereocenters. The summed E-state index contributed by atoms with van der Waals surface area (Å²) >= 11 is 0. The van der Waals surface area contributed by atoms with E-state index in [1.54, 1.807) is 7.05 Å². The van der Waals surface area contributed by atoms with Crippen LogP contribution in [0.25, 0.3) is 0 Å². The molecule has 0 amide bonds. The summed E-state index contributed by atoms with van der Waals surface area (Å²) in [4.78, 5) is 27.8. The number of unbranched alkanes of at least 4 members (excludes halogenated alkanes) is 8. The van der Waals surface area contributed by atoms with E-state index in [-0.39, 0.29) is 29.3 Å². The first-order chi connectivity index (χ1) is 11.9. The number of carbonyl (C=O) groups excluding carboxylic acids is 1. The van der Waals surface area contributed by atoms with E-state index in [1.165, 1.54) is 38.5 Å². The van der Waals surface area contributed by atoms with E-state index in [0.29, 0.717) is 13.0 Å². The van der Waals surface area contributed by atoms with Crippen molar-refractivity contribution in [1.29, 1.82) is 0 Å². The molecule has 0 fully saturated rings. The van der Waals surface area contributed by atoms with Crippen molar-refractivity contribution >= 4 is 17.6 Å². The lowest BCUT2D eigenvalue weighted by Gasteiger charge is -2.27. The zero-order valence-corrected chi connectivity index (χ0v) is 15.9. The summed E-state index contributed by atoms with van der Waals surface area (Å²) in [6.07, 6.45) is 11.3. The van der Waals surface area contributed by atoms with E-state index >= 15 is 0 Å². The van der Waals surface area contributed by atoms with Crippen LogP contribution in [0.2, 0.25) is 0 Å². The van der Waals surface area contributed by atoms with Crippen molar-refractivity contribution < 1.29 is 24.3 Å². The lowest BCUT2D eigenvalue weighted by Crippen LogP contribution is -2.53. The number of hydrogen-bond acceptors (Lipinski definition) is 4. The van der Waals surface area contributed by atoms with Crippen molar-refractivity contribution in [3.05, 3.63) is 0 Å². The number of rotatable bonds is 14. The molecule has 6 nitrogen and oxygen atoms in total. The Labute approximate surface area is 151 Å². The summed E-state index contributed by atoms with van der Waals surface area (Å²) in [7, 11) is 1.72. The number of likely N-dealkylation sites (N-methyl/N-ethyl adjacent to an activating group) is 1. The molecule has 6 heteroatoms. The van der Waals surface area contributed by atoms with E-state index < -0.39 is 12.0 Å². The second kappa shape index (κ2) is 11.4. The van der Waals surface area contributed by atoms with Gasteiger partial charge in [-0.2, -0.15) is 0 Å². The first kappa shape index (κ1) is 21.8. The fraction of sp³-hybridized carbons (Fsp3) is 0.842. The Kier molecular flexibility index (Phi) is 9.90. The highest BCUT2D eigenvalue weighted by molar-refractivity contribution is 6.32. The number of aliphatic carboxylic acids is 1. The minimum Gasteiger partial charge on any atom is -0.472 e. The van der Waals surface area contributed by atoms with Gasteiger partial charge in [-0.05, 0) is 6.42 Å². The average Bonchev–Trinajstić information content (AvgIpc) is 2.91. The van der Waals surface area contributed by atoms with Gasteiger partial charge < -0.3 is 10.2 Å². The molecule has 0 bridgehead atoms. The molecule has 144 valence electrons. The maximum atomic E-state index is 12.3. The van der Waals surface area contributed by atoms with Crippen molar-refractivity contribution in [2.24, 2.45) is 4.99 Å². The Hall–Kier alpha value is -1.27. The highest BCUT2D eigenvalue weighted by Crippen LogP contribution is 2.20. The summed E-state index contributed by atoms with van der Waals surface area (Å²) in [6, 6.07) is -0.573. The molecular formula is C19H35N2O4+. The topological polar surface area (TPSA) is 87.0 Å². The van der Waals surface area contributed by atoms with Crippen LogP contribution in [0.4, 0.5) is 0 Å². The van der Waals surface area contributed by atoms with Crippen LogP contribution in [0.1, 0.15) is 71.1 Å². The maximum absolute atomic E-state index is 12.3. The van der Waals surface area contributed by atoms with Gasteiger partial charge in [0, 0.05) is 6.42 Å². The van der Waals surface area contributed by atoms with Gasteiger partial charge in [-0.3, -0.25) is 9.28 Å². The Balaban J connectivity index is 2.28. The van der Waals surface area contributed by atoms with Crippen LogP contribution in [-0.2, 0) is 9.59 Å². The highest BCUT2D eigenvalue weighted by atomic mass is 16.4. The molecule has 1 aliphatic rings. The number of quaternary nitrogens is 1. The number of amidine groups is 1. The quantitative estimate of drug-likeness (QED) is 0.370. The predicted molar refractivity (Wildman–Crippen MR) is 98.7 cm³/mol. The number of ketones is 1. The highest BCUT2D eigenvalue weighted by Gasteiger charge is 2.45. The zero-order chi connectivity index (χ0) is 18.7. The molecule has 0 aromatic rings. The van der Waals surface area contributed by atoms with Gasteiger partial charge in [-0.1, -0.05) is 58.3 Å². The summed E-state index contributed by atoms with van der Waals surface area (Å²) in [5.41, 5.74) is 0. The molecule has 1 rings (SSSR count). The van der Waals surface area contributed by atoms with Gasteiger partial charge in [0.2, 0.25) is 0 Å². The molecule has 2 N–H and O–H groups in total. The molecule has 0 aromatic heterocycles. The summed E-state index contributed by atoms with van der Waals surface area (Å²) in [5.74, 6) is -1.09. The maximum Gasteiger partial charge on any atom is 0.411 e. The van der Waals surface area contributed by atoms with Crippen molar-refractivity contribution in [2.75, 3.05) is 26.7 Å². The van der Waals surface area contributed by atoms with Gasteiger partial charge in [0.05, 0.1) is 13.7 Å². The second-order valence-electron chi connectivity index (χ2n) is 7.34. The number of nitrogens with zero attached hydrogens (tertiary/aromatic N) is 2. The monoisotopic (exact) mass is 355 g/mol. The smallest absolute Gasteiger partial charge is 0.411 e. The molecule has 0 saturated carbocycles. The van der Waals surface area contributed by atoms with E-state index in [0.717, 1.165) is 19.3 Å². The fourth-order valence-electron chi connectivity index (χ4n) is 3.45. The Morgan fingerprint density at radius 1 is 1.08 bits per heavy atom. The second-order valence-corrected chi connectivity index (χ2v) is 7.34. The molecule has 1 aliphatic heterocycles. The molecule has 0 aromatic carbocycles. The molecule has 0 spiro atoms. The van der Waals surface area contributed by atoms with Crippen molar-refractivity contribution in [2.45, 2.75) is 77.2 Å². The minimum atomic E-state index is -1.10. The molecule has 1 heterocycles. The van der Waals surface area contributed by atoms with Gasteiger partial charge in [0.1, 0.15) is 13.1 Å². The number of aliphatic hydroxyl groups excluding tert-OH is 1. The van der Waals surface area contributed by atoms with Gasteiger partial charge >= 0.3 is 11.8 Å². The Bertz CT molecular complexity index is 464. The van der Waals surface area contributed by atoms with Crippen LogP contribution in [0.5, 0.6) is 0 Å². The molecule has 2 unspecified atom stereocenters. The van der Waals surface area contributed by atoms with Crippen LogP contribution in [0.15, 0.2) is 4.99 Å². The predicted octanol–water partition coefficient (Wildman–Crippen LogP) is 2.78. The number of carboxylic acids is 1. The van der Waals surface area contributed by atoms with E-state index in [2.05, 4.69) is 11.9 Å². The largest absolute Gasteiger partial charge is 0.472 e. The van der Waals surface area contributed by atoms with Gasteiger partial charge in [-0.15, -0.1) is 0 Å². The lowest BCUT2D eigenvalue weighted by atomic mass is 10.0. The van der Waals surface area contributed by atoms with Crippen molar-refractivity contribution in [1.82, 2.24) is 0 Å². The van der Waals surface area contributed by atoms with Crippen LogP contribution in [0.3, 0.4) is 0 Å².